The summed E-state index contributed by atoms with van der Waals surface area (Å²) in [5.74, 6) is 1.82. The molecule has 1 aliphatic carbocycles. The van der Waals surface area contributed by atoms with Crippen LogP contribution in [-0.2, 0) is 25.4 Å². The standard InChI is InChI=1S/C49H53NO10SSi/c1-9-23-57-49(53)46-43(61-48-44(47(52)50(46)48)31(6)60-62(10-2,11-3)12-4)14-13-24-56-39-22-15-32(26-42(39)55-8)29-58-35-18-21-38-41(28-35)59-40-27-33(51)16-19-37(40)45(38)36-20-17-34(54-7)25-30(36)5/h9,13-22,25-28,31,44,48H,1,10-12,23-24,29H2,2-8H3/b14-13+/t31-,44+,48-/m1/s1. The number of amides is 1. The first-order chi connectivity index (χ1) is 30.0. The van der Waals surface area contributed by atoms with Crippen molar-refractivity contribution in [3.05, 3.63) is 130 Å². The Kier molecular flexibility index (Phi) is 13.6. The molecule has 0 spiro atoms. The van der Waals surface area contributed by atoms with Crippen molar-refractivity contribution in [2.45, 2.75) is 70.8 Å². The Balaban J connectivity index is 1.04. The summed E-state index contributed by atoms with van der Waals surface area (Å²) in [7, 11) is 1.26. The van der Waals surface area contributed by atoms with Gasteiger partial charge in [-0.05, 0) is 109 Å². The van der Waals surface area contributed by atoms with E-state index in [2.05, 4.69) is 27.4 Å². The number of hydrogen-bond donors (Lipinski definition) is 0. The average Bonchev–Trinajstić information content (AvgIpc) is 3.61. The first-order valence-electron chi connectivity index (χ1n) is 20.9. The van der Waals surface area contributed by atoms with E-state index in [1.807, 2.05) is 74.5 Å². The summed E-state index contributed by atoms with van der Waals surface area (Å²) >= 11 is 1.47. The topological polar surface area (TPSA) is 123 Å². The molecule has 324 valence electrons. The number of hydrogen-bond acceptors (Lipinski definition) is 11. The number of esters is 1. The van der Waals surface area contributed by atoms with Gasteiger partial charge in [0, 0.05) is 33.6 Å². The molecule has 3 aliphatic heterocycles. The van der Waals surface area contributed by atoms with Gasteiger partial charge in [0.25, 0.3) is 0 Å². The average molecular weight is 876 g/mol. The highest BCUT2D eigenvalue weighted by Gasteiger charge is 2.58. The molecule has 1 saturated heterocycles. The molecule has 0 saturated carbocycles. The van der Waals surface area contributed by atoms with Crippen molar-refractivity contribution in [3.63, 3.8) is 0 Å². The Bertz CT molecular complexity index is 2570. The minimum atomic E-state index is -1.96. The molecular weight excluding hydrogens is 823 g/mol. The van der Waals surface area contributed by atoms with Gasteiger partial charge in [0.1, 0.15) is 53.7 Å². The van der Waals surface area contributed by atoms with E-state index in [1.54, 1.807) is 37.3 Å². The van der Waals surface area contributed by atoms with Gasteiger partial charge in [0.2, 0.25) is 5.91 Å². The van der Waals surface area contributed by atoms with Crippen molar-refractivity contribution in [2.75, 3.05) is 27.4 Å². The lowest BCUT2D eigenvalue weighted by molar-refractivity contribution is -0.157. The quantitative estimate of drug-likeness (QED) is 0.0259. The molecule has 62 heavy (non-hydrogen) atoms. The highest BCUT2D eigenvalue weighted by atomic mass is 32.2. The van der Waals surface area contributed by atoms with Crippen molar-refractivity contribution in [3.8, 4) is 45.4 Å². The number of carbonyl (C=O) groups excluding carboxylic acids is 2. The van der Waals surface area contributed by atoms with Crippen LogP contribution in [0, 0.1) is 12.8 Å². The van der Waals surface area contributed by atoms with Gasteiger partial charge in [0.05, 0.1) is 26.2 Å². The highest BCUT2D eigenvalue weighted by molar-refractivity contribution is 8.04. The third-order valence-corrected chi connectivity index (χ3v) is 17.9. The van der Waals surface area contributed by atoms with Crippen molar-refractivity contribution in [1.29, 1.82) is 0 Å². The zero-order valence-electron chi connectivity index (χ0n) is 36.3. The summed E-state index contributed by atoms with van der Waals surface area (Å²) in [5, 5.41) is 0.625. The summed E-state index contributed by atoms with van der Waals surface area (Å²) in [6.45, 7) is 14.6. The molecular formula is C49H53NO10SSi. The van der Waals surface area contributed by atoms with E-state index in [4.69, 9.17) is 32.5 Å². The molecule has 1 amide bonds. The summed E-state index contributed by atoms with van der Waals surface area (Å²) < 4.78 is 41.9. The van der Waals surface area contributed by atoms with Crippen molar-refractivity contribution in [1.82, 2.24) is 4.90 Å². The maximum atomic E-state index is 13.6. The first-order valence-corrected chi connectivity index (χ1v) is 24.3. The van der Waals surface area contributed by atoms with E-state index < -0.39 is 14.3 Å². The second-order valence-corrected chi connectivity index (χ2v) is 21.3. The molecule has 7 rings (SSSR count). The Labute approximate surface area is 367 Å². The predicted octanol–water partition coefficient (Wildman–Crippen LogP) is 10.3. The number of aryl methyl sites for hydroxylation is 1. The van der Waals surface area contributed by atoms with Crippen LogP contribution in [-0.4, -0.2) is 64.0 Å². The lowest BCUT2D eigenvalue weighted by Gasteiger charge is -2.47. The first kappa shape index (κ1) is 44.3. The molecule has 0 radical (unpaired) electrons. The predicted molar refractivity (Wildman–Crippen MR) is 245 cm³/mol. The monoisotopic (exact) mass is 875 g/mol. The van der Waals surface area contributed by atoms with Crippen molar-refractivity contribution < 1.29 is 42.1 Å². The van der Waals surface area contributed by atoms with Gasteiger partial charge in [-0.15, -0.1) is 0 Å². The van der Waals surface area contributed by atoms with Crippen LogP contribution in [0.4, 0.5) is 0 Å². The molecule has 3 aromatic carbocycles. The lowest BCUT2D eigenvalue weighted by Crippen LogP contribution is -2.62. The number of allylic oxidation sites excluding steroid dienone is 1. The van der Waals surface area contributed by atoms with Gasteiger partial charge in [-0.2, -0.15) is 0 Å². The molecule has 0 aromatic heterocycles. The van der Waals surface area contributed by atoms with Crippen LogP contribution in [0.1, 0.15) is 38.8 Å². The van der Waals surface area contributed by atoms with E-state index in [0.717, 1.165) is 57.1 Å². The third kappa shape index (κ3) is 8.79. The number of fused-ring (bicyclic) bond motifs is 3. The number of nitrogens with zero attached hydrogens (tertiary/aromatic N) is 1. The Morgan fingerprint density at radius 3 is 2.35 bits per heavy atom. The van der Waals surface area contributed by atoms with Crippen LogP contribution in [0.5, 0.6) is 23.0 Å². The maximum absolute atomic E-state index is 13.6. The Hall–Kier alpha value is -5.76. The van der Waals surface area contributed by atoms with E-state index in [1.165, 1.54) is 23.9 Å². The van der Waals surface area contributed by atoms with E-state index in [9.17, 15) is 14.4 Å². The molecule has 4 aliphatic rings. The fourth-order valence-corrected chi connectivity index (χ4v) is 12.7. The Morgan fingerprint density at radius 1 is 0.887 bits per heavy atom. The van der Waals surface area contributed by atoms with Crippen molar-refractivity contribution in [2.24, 2.45) is 5.92 Å². The molecule has 11 nitrogen and oxygen atoms in total. The number of methoxy groups -OCH3 is 2. The summed E-state index contributed by atoms with van der Waals surface area (Å²) in [5.41, 5.74) is 5.34. The van der Waals surface area contributed by atoms with E-state index >= 15 is 0 Å². The van der Waals surface area contributed by atoms with E-state index in [0.29, 0.717) is 33.5 Å². The van der Waals surface area contributed by atoms with Gasteiger partial charge >= 0.3 is 5.97 Å². The van der Waals surface area contributed by atoms with Crippen LogP contribution in [0.25, 0.3) is 33.4 Å². The molecule has 13 heteroatoms. The molecule has 1 fully saturated rings. The summed E-state index contributed by atoms with van der Waals surface area (Å²) in [6.07, 6.45) is 4.85. The largest absolute Gasteiger partial charge is 0.497 e. The van der Waals surface area contributed by atoms with Gasteiger partial charge in [-0.25, -0.2) is 4.79 Å². The smallest absolute Gasteiger partial charge is 0.356 e. The van der Waals surface area contributed by atoms with E-state index in [-0.39, 0.29) is 54.2 Å². The van der Waals surface area contributed by atoms with Gasteiger partial charge in [-0.3, -0.25) is 14.5 Å². The van der Waals surface area contributed by atoms with Gasteiger partial charge in [-0.1, -0.05) is 57.3 Å². The molecule has 3 heterocycles. The highest BCUT2D eigenvalue weighted by Crippen LogP contribution is 2.52. The number of β-lactam (4-membered cyclic amide) rings is 1. The van der Waals surface area contributed by atoms with Crippen LogP contribution in [0.15, 0.2) is 117 Å². The zero-order chi connectivity index (χ0) is 44.1. The van der Waals surface area contributed by atoms with Crippen LogP contribution in [0.2, 0.25) is 18.1 Å². The fraction of sp³-hybridized carbons (Fsp3) is 0.327. The number of carbonyl (C=O) groups is 2. The number of rotatable bonds is 19. The lowest BCUT2D eigenvalue weighted by atomic mass is 9.91. The number of ether oxygens (including phenoxy) is 5. The van der Waals surface area contributed by atoms with Gasteiger partial charge < -0.3 is 32.5 Å². The zero-order valence-corrected chi connectivity index (χ0v) is 38.1. The van der Waals surface area contributed by atoms with Crippen LogP contribution >= 0.6 is 11.8 Å². The fourth-order valence-electron chi connectivity index (χ4n) is 8.23. The SMILES string of the molecule is C=CCOC(=O)C1=C(/C=C/COc2ccc(COc3ccc4c(-c5ccc(OC)cc5C)c5ccc(=O)cc-5oc4c3)cc2OC)S[C@@H]2[C@@H]([C@@H](C)O[Si](CC)(CC)CC)C(=O)N12. The second-order valence-electron chi connectivity index (χ2n) is 15.4. The van der Waals surface area contributed by atoms with Crippen LogP contribution in [0.3, 0.4) is 0 Å². The third-order valence-electron chi connectivity index (χ3n) is 11.8. The maximum Gasteiger partial charge on any atom is 0.356 e. The molecule has 0 unspecified atom stereocenters. The minimum absolute atomic E-state index is 0.0346. The molecule has 0 bridgehead atoms. The second kappa shape index (κ2) is 19.1. The normalized spacial score (nSPS) is 16.7. The number of thioether (sulfide) groups is 1. The summed E-state index contributed by atoms with van der Waals surface area (Å²) in [4.78, 5) is 41.4. The van der Waals surface area contributed by atoms with Crippen molar-refractivity contribution >= 4 is 42.9 Å². The minimum Gasteiger partial charge on any atom is -0.497 e. The summed E-state index contributed by atoms with van der Waals surface area (Å²) in [6, 6.07) is 25.0. The molecule has 3 aromatic rings. The Morgan fingerprint density at radius 2 is 1.65 bits per heavy atom. The molecule has 0 N–H and O–H groups in total. The van der Waals surface area contributed by atoms with Crippen LogP contribution < -0.4 is 24.4 Å². The number of benzene rings is 4. The van der Waals surface area contributed by atoms with Gasteiger partial charge in [0.15, 0.2) is 25.2 Å². The molecule has 3 atom stereocenters.